The lowest BCUT2D eigenvalue weighted by Crippen LogP contribution is -2.12. The quantitative estimate of drug-likeness (QED) is 0.317. The Morgan fingerprint density at radius 3 is 2.32 bits per heavy atom. The molecule has 2 aromatic heterocycles. The molecule has 0 unspecified atom stereocenters. The van der Waals surface area contributed by atoms with Crippen LogP contribution in [0.1, 0.15) is 42.6 Å². The molecule has 2 heterocycles. The number of hydrogen-bond donors (Lipinski definition) is 1. The Morgan fingerprint density at radius 1 is 0.941 bits per heavy atom. The summed E-state index contributed by atoms with van der Waals surface area (Å²) in [6, 6.07) is 16.7. The van der Waals surface area contributed by atoms with Gasteiger partial charge in [0.15, 0.2) is 5.69 Å². The van der Waals surface area contributed by atoms with Crippen molar-refractivity contribution in [1.82, 2.24) is 9.97 Å². The van der Waals surface area contributed by atoms with Gasteiger partial charge in [0.1, 0.15) is 11.5 Å². The second-order valence-corrected chi connectivity index (χ2v) is 9.91. The SMILES string of the molecule is CC(C)(C)c1ccccc1Oc1ncccc1Cc1nc(C(F)(F)F)c(-c2ccc(O)cc2)s1. The number of ether oxygens (including phenoxy) is 1. The zero-order chi connectivity index (χ0) is 24.5. The highest BCUT2D eigenvalue weighted by Gasteiger charge is 2.38. The number of phenols is 1. The molecular formula is C26H23F3N2O2S. The number of aromatic hydroxyl groups is 1. The highest BCUT2D eigenvalue weighted by Crippen LogP contribution is 2.42. The molecule has 4 rings (SSSR count). The average Bonchev–Trinajstić information content (AvgIpc) is 3.20. The van der Waals surface area contributed by atoms with Crippen LogP contribution < -0.4 is 4.74 Å². The van der Waals surface area contributed by atoms with Crippen molar-refractivity contribution < 1.29 is 23.0 Å². The van der Waals surface area contributed by atoms with Crippen molar-refractivity contribution in [3.63, 3.8) is 0 Å². The monoisotopic (exact) mass is 484 g/mol. The molecule has 0 aliphatic carbocycles. The number of alkyl halides is 3. The van der Waals surface area contributed by atoms with Gasteiger partial charge in [-0.25, -0.2) is 9.97 Å². The Morgan fingerprint density at radius 2 is 1.65 bits per heavy atom. The van der Waals surface area contributed by atoms with Crippen molar-refractivity contribution in [2.75, 3.05) is 0 Å². The van der Waals surface area contributed by atoms with Gasteiger partial charge in [-0.3, -0.25) is 0 Å². The average molecular weight is 485 g/mol. The molecule has 0 amide bonds. The van der Waals surface area contributed by atoms with E-state index in [1.165, 1.54) is 24.3 Å². The van der Waals surface area contributed by atoms with Crippen molar-refractivity contribution >= 4 is 11.3 Å². The van der Waals surface area contributed by atoms with Gasteiger partial charge >= 0.3 is 6.18 Å². The molecular weight excluding hydrogens is 461 g/mol. The third kappa shape index (κ3) is 5.22. The molecule has 0 bridgehead atoms. The summed E-state index contributed by atoms with van der Waals surface area (Å²) in [6.45, 7) is 6.23. The number of benzene rings is 2. The van der Waals surface area contributed by atoms with E-state index in [0.717, 1.165) is 16.9 Å². The molecule has 4 nitrogen and oxygen atoms in total. The standard InChI is InChI=1S/C26H23F3N2O2S/c1-25(2,3)19-8-4-5-9-20(19)33-24-17(7-6-14-30-24)15-21-31-23(26(27,28)29)22(34-21)16-10-12-18(32)13-11-16/h4-14,32H,15H2,1-3H3. The number of phenolic OH excluding ortho intramolecular Hbond substituents is 1. The lowest BCUT2D eigenvalue weighted by Gasteiger charge is -2.22. The molecule has 4 aromatic rings. The van der Waals surface area contributed by atoms with E-state index in [2.05, 4.69) is 30.7 Å². The summed E-state index contributed by atoms with van der Waals surface area (Å²) < 4.78 is 47.4. The molecule has 0 spiro atoms. The van der Waals surface area contributed by atoms with Crippen molar-refractivity contribution in [2.24, 2.45) is 0 Å². The summed E-state index contributed by atoms with van der Waals surface area (Å²) in [4.78, 5) is 8.28. The van der Waals surface area contributed by atoms with Crippen LogP contribution in [-0.4, -0.2) is 15.1 Å². The first kappa shape index (κ1) is 23.8. The third-order valence-electron chi connectivity index (χ3n) is 5.16. The minimum absolute atomic E-state index is 0.00642. The molecule has 2 aromatic carbocycles. The zero-order valence-corrected chi connectivity index (χ0v) is 19.7. The van der Waals surface area contributed by atoms with Gasteiger partial charge in [-0.05, 0) is 47.4 Å². The summed E-state index contributed by atoms with van der Waals surface area (Å²) in [6.07, 6.45) is -2.89. The molecule has 0 saturated carbocycles. The van der Waals surface area contributed by atoms with E-state index in [0.29, 0.717) is 22.8 Å². The van der Waals surface area contributed by atoms with Crippen LogP contribution in [0.3, 0.4) is 0 Å². The molecule has 0 fully saturated rings. The molecule has 176 valence electrons. The Bertz CT molecular complexity index is 1290. The number of nitrogens with zero attached hydrogens (tertiary/aromatic N) is 2. The van der Waals surface area contributed by atoms with Gasteiger partial charge in [-0.1, -0.05) is 45.0 Å². The van der Waals surface area contributed by atoms with Crippen molar-refractivity contribution in [3.8, 4) is 27.8 Å². The van der Waals surface area contributed by atoms with E-state index < -0.39 is 11.9 Å². The molecule has 0 atom stereocenters. The van der Waals surface area contributed by atoms with Gasteiger partial charge in [-0.2, -0.15) is 13.2 Å². The number of para-hydroxylation sites is 1. The maximum atomic E-state index is 13.7. The van der Waals surface area contributed by atoms with Crippen LogP contribution in [0.25, 0.3) is 10.4 Å². The van der Waals surface area contributed by atoms with Gasteiger partial charge in [-0.15, -0.1) is 11.3 Å². The van der Waals surface area contributed by atoms with Crippen LogP contribution in [0.15, 0.2) is 66.9 Å². The first-order chi connectivity index (χ1) is 16.0. The van der Waals surface area contributed by atoms with Crippen molar-refractivity contribution in [1.29, 1.82) is 0 Å². The first-order valence-electron chi connectivity index (χ1n) is 10.6. The van der Waals surface area contributed by atoms with Crippen LogP contribution in [0.4, 0.5) is 13.2 Å². The van der Waals surface area contributed by atoms with Crippen LogP contribution in [0.2, 0.25) is 0 Å². The third-order valence-corrected chi connectivity index (χ3v) is 6.27. The number of aromatic nitrogens is 2. The van der Waals surface area contributed by atoms with Crippen molar-refractivity contribution in [2.45, 2.75) is 38.8 Å². The summed E-state index contributed by atoms with van der Waals surface area (Å²) in [5, 5.41) is 9.79. The molecule has 1 N–H and O–H groups in total. The summed E-state index contributed by atoms with van der Waals surface area (Å²) in [5.41, 5.74) is 0.862. The van der Waals surface area contributed by atoms with Crippen LogP contribution in [-0.2, 0) is 18.0 Å². The topological polar surface area (TPSA) is 55.2 Å². The van der Waals surface area contributed by atoms with Gasteiger partial charge in [0, 0.05) is 23.7 Å². The minimum Gasteiger partial charge on any atom is -0.508 e. The van der Waals surface area contributed by atoms with Gasteiger partial charge in [0.25, 0.3) is 0 Å². The van der Waals surface area contributed by atoms with Gasteiger partial charge in [0.2, 0.25) is 5.88 Å². The first-order valence-corrected chi connectivity index (χ1v) is 11.4. The fourth-order valence-electron chi connectivity index (χ4n) is 3.53. The van der Waals surface area contributed by atoms with Crippen molar-refractivity contribution in [3.05, 3.63) is 88.7 Å². The van der Waals surface area contributed by atoms with Crippen LogP contribution in [0, 0.1) is 0 Å². The van der Waals surface area contributed by atoms with E-state index in [9.17, 15) is 18.3 Å². The fourth-order valence-corrected chi connectivity index (χ4v) is 4.65. The van der Waals surface area contributed by atoms with Crippen LogP contribution in [0.5, 0.6) is 17.4 Å². The van der Waals surface area contributed by atoms with Gasteiger partial charge in [0.05, 0.1) is 9.88 Å². The Balaban J connectivity index is 1.70. The van der Waals surface area contributed by atoms with E-state index in [1.54, 1.807) is 18.3 Å². The molecule has 0 saturated heterocycles. The van der Waals surface area contributed by atoms with E-state index in [4.69, 9.17) is 4.74 Å². The lowest BCUT2D eigenvalue weighted by molar-refractivity contribution is -0.140. The normalized spacial score (nSPS) is 12.1. The minimum atomic E-state index is -4.61. The second kappa shape index (κ2) is 9.10. The molecule has 0 radical (unpaired) electrons. The molecule has 0 aliphatic heterocycles. The smallest absolute Gasteiger partial charge is 0.434 e. The predicted molar refractivity (Wildman–Crippen MR) is 126 cm³/mol. The summed E-state index contributed by atoms with van der Waals surface area (Å²) >= 11 is 0.967. The van der Waals surface area contributed by atoms with E-state index in [1.807, 2.05) is 24.3 Å². The highest BCUT2D eigenvalue weighted by molar-refractivity contribution is 7.15. The lowest BCUT2D eigenvalue weighted by atomic mass is 9.86. The zero-order valence-electron chi connectivity index (χ0n) is 18.8. The molecule has 8 heteroatoms. The summed E-state index contributed by atoms with van der Waals surface area (Å²) in [7, 11) is 0. The maximum Gasteiger partial charge on any atom is 0.434 e. The Kier molecular flexibility index (Phi) is 6.36. The number of thiazole rings is 1. The molecule has 0 aliphatic rings. The Labute approximate surface area is 199 Å². The number of pyridine rings is 1. The maximum absolute atomic E-state index is 13.7. The fraction of sp³-hybridized carbons (Fsp3) is 0.231. The van der Waals surface area contributed by atoms with E-state index >= 15 is 0 Å². The Hall–Kier alpha value is -3.39. The number of halogens is 3. The predicted octanol–water partition coefficient (Wildman–Crippen LogP) is 7.61. The van der Waals surface area contributed by atoms with E-state index in [-0.39, 0.29) is 27.5 Å². The number of hydrogen-bond acceptors (Lipinski definition) is 5. The second-order valence-electron chi connectivity index (χ2n) is 8.82. The molecule has 34 heavy (non-hydrogen) atoms. The van der Waals surface area contributed by atoms with Crippen LogP contribution >= 0.6 is 11.3 Å². The largest absolute Gasteiger partial charge is 0.508 e. The van der Waals surface area contributed by atoms with Gasteiger partial charge < -0.3 is 9.84 Å². The number of rotatable bonds is 5. The highest BCUT2D eigenvalue weighted by atomic mass is 32.1. The summed E-state index contributed by atoms with van der Waals surface area (Å²) in [5.74, 6) is 0.957.